The first kappa shape index (κ1) is 24.3. The van der Waals surface area contributed by atoms with E-state index in [2.05, 4.69) is 39.1 Å². The molecule has 10 heteroatoms. The van der Waals surface area contributed by atoms with Crippen LogP contribution in [0.2, 0.25) is 5.02 Å². The van der Waals surface area contributed by atoms with Gasteiger partial charge in [0.1, 0.15) is 6.34 Å². The van der Waals surface area contributed by atoms with E-state index in [-0.39, 0.29) is 0 Å². The quantitative estimate of drug-likeness (QED) is 0.208. The number of rotatable bonds is 8. The molecule has 0 amide bonds. The van der Waals surface area contributed by atoms with Gasteiger partial charge in [0.05, 0.1) is 16.7 Å². The van der Waals surface area contributed by atoms with Crippen LogP contribution in [0.3, 0.4) is 0 Å². The number of aromatic nitrogens is 3. The van der Waals surface area contributed by atoms with Crippen LogP contribution < -0.4 is 5.43 Å². The molecule has 172 valence electrons. The second kappa shape index (κ2) is 11.5. The third kappa shape index (κ3) is 6.59. The van der Waals surface area contributed by atoms with Gasteiger partial charge in [-0.15, -0.1) is 0 Å². The third-order valence-electron chi connectivity index (χ3n) is 4.48. The standard InChI is InChI=1S/C23H27ClN8S/c1-6-8-11-25-23(29-32(5)16-28-30(3)7-2)33-18-9-10-21-19(12-18)22(24)20(14-26-21)17-13-27-31(4)15-17/h7-16H,2,6H2,1,3-5H3,(H,25,29)/b11-8-,28-16-. The number of thioether (sulfide) groups is 1. The SMILES string of the molecule is C=CN(C)/N=C\N(C)NC(=N/C=C\CC)Sc1ccc2ncc(-c3cnn(C)c3)c(Cl)c2c1. The van der Waals surface area contributed by atoms with Gasteiger partial charge in [-0.05, 0) is 24.6 Å². The molecule has 0 spiro atoms. The molecule has 3 aromatic rings. The molecular formula is C23H27ClN8S. The molecule has 8 nitrogen and oxygen atoms in total. The van der Waals surface area contributed by atoms with Crippen LogP contribution in [-0.4, -0.2) is 50.4 Å². The monoisotopic (exact) mass is 482 g/mol. The van der Waals surface area contributed by atoms with Crippen LogP contribution in [0.4, 0.5) is 0 Å². The summed E-state index contributed by atoms with van der Waals surface area (Å²) in [6.07, 6.45) is 13.4. The van der Waals surface area contributed by atoms with Crippen LogP contribution in [0.15, 0.2) is 76.8 Å². The fourth-order valence-corrected chi connectivity index (χ4v) is 3.91. The number of pyridine rings is 1. The van der Waals surface area contributed by atoms with Crippen LogP contribution >= 0.6 is 23.4 Å². The summed E-state index contributed by atoms with van der Waals surface area (Å²) in [5.41, 5.74) is 5.83. The molecule has 1 N–H and O–H groups in total. The molecule has 0 saturated heterocycles. The number of amidine groups is 1. The van der Waals surface area contributed by atoms with E-state index >= 15 is 0 Å². The van der Waals surface area contributed by atoms with E-state index < -0.39 is 0 Å². The minimum atomic E-state index is 0.643. The normalized spacial score (nSPS) is 12.1. The van der Waals surface area contributed by atoms with E-state index in [1.54, 1.807) is 52.9 Å². The summed E-state index contributed by atoms with van der Waals surface area (Å²) in [6.45, 7) is 5.74. The number of aliphatic imine (C=N–C) groups is 1. The van der Waals surface area contributed by atoms with Crippen molar-refractivity contribution in [1.29, 1.82) is 0 Å². The van der Waals surface area contributed by atoms with Gasteiger partial charge >= 0.3 is 0 Å². The minimum absolute atomic E-state index is 0.643. The Hall–Kier alpha value is -3.30. The van der Waals surface area contributed by atoms with Crippen molar-refractivity contribution in [3.05, 3.63) is 66.9 Å². The first-order valence-corrected chi connectivity index (χ1v) is 11.5. The highest BCUT2D eigenvalue weighted by atomic mass is 35.5. The van der Waals surface area contributed by atoms with Crippen molar-refractivity contribution in [3.63, 3.8) is 0 Å². The Morgan fingerprint density at radius 2 is 2.15 bits per heavy atom. The fourth-order valence-electron chi connectivity index (χ4n) is 2.77. The van der Waals surface area contributed by atoms with Crippen molar-refractivity contribution in [2.45, 2.75) is 18.2 Å². The molecule has 2 aromatic heterocycles. The number of halogens is 1. The zero-order valence-electron chi connectivity index (χ0n) is 19.1. The van der Waals surface area contributed by atoms with Crippen molar-refractivity contribution >= 4 is 45.8 Å². The molecule has 0 aliphatic rings. The van der Waals surface area contributed by atoms with E-state index in [1.807, 2.05) is 44.6 Å². The molecule has 3 rings (SSSR count). The number of benzene rings is 1. The zero-order valence-corrected chi connectivity index (χ0v) is 20.7. The van der Waals surface area contributed by atoms with Gasteiger partial charge in [0.2, 0.25) is 0 Å². The van der Waals surface area contributed by atoms with Gasteiger partial charge in [0.25, 0.3) is 0 Å². The summed E-state index contributed by atoms with van der Waals surface area (Å²) >= 11 is 8.27. The minimum Gasteiger partial charge on any atom is -0.277 e. The van der Waals surface area contributed by atoms with Crippen molar-refractivity contribution in [1.82, 2.24) is 30.2 Å². The second-order valence-electron chi connectivity index (χ2n) is 7.11. The number of hydrogen-bond donors (Lipinski definition) is 1. The summed E-state index contributed by atoms with van der Waals surface area (Å²) in [4.78, 5) is 10.1. The zero-order chi connectivity index (χ0) is 23.8. The van der Waals surface area contributed by atoms with E-state index in [0.29, 0.717) is 10.2 Å². The molecule has 0 aliphatic heterocycles. The molecule has 1 aromatic carbocycles. The van der Waals surface area contributed by atoms with Crippen LogP contribution in [0.25, 0.3) is 22.0 Å². The highest BCUT2D eigenvalue weighted by molar-refractivity contribution is 8.13. The van der Waals surface area contributed by atoms with Gasteiger partial charge in [0.15, 0.2) is 5.17 Å². The average Bonchev–Trinajstić information content (AvgIpc) is 3.24. The molecule has 0 unspecified atom stereocenters. The molecular weight excluding hydrogens is 456 g/mol. The lowest BCUT2D eigenvalue weighted by Crippen LogP contribution is -2.37. The number of hydrazine groups is 1. The number of allylic oxidation sites excluding steroid dienone is 1. The number of nitrogens with zero attached hydrogens (tertiary/aromatic N) is 7. The lowest BCUT2D eigenvalue weighted by atomic mass is 10.1. The lowest BCUT2D eigenvalue weighted by Gasteiger charge is -2.18. The van der Waals surface area contributed by atoms with Crippen molar-refractivity contribution in [2.75, 3.05) is 14.1 Å². The Morgan fingerprint density at radius 1 is 1.33 bits per heavy atom. The topological polar surface area (TPSA) is 73.9 Å². The Morgan fingerprint density at radius 3 is 2.85 bits per heavy atom. The maximum absolute atomic E-state index is 6.78. The molecule has 0 aliphatic carbocycles. The van der Waals surface area contributed by atoms with Crippen LogP contribution in [-0.2, 0) is 7.05 Å². The first-order chi connectivity index (χ1) is 15.9. The molecule has 33 heavy (non-hydrogen) atoms. The highest BCUT2D eigenvalue weighted by Crippen LogP contribution is 2.35. The Kier molecular flexibility index (Phi) is 8.51. The molecule has 0 saturated carbocycles. The van der Waals surface area contributed by atoms with Gasteiger partial charge in [0, 0.05) is 67.3 Å². The first-order valence-electron chi connectivity index (χ1n) is 10.3. The van der Waals surface area contributed by atoms with Crippen molar-refractivity contribution in [3.8, 4) is 11.1 Å². The molecule has 0 atom stereocenters. The lowest BCUT2D eigenvalue weighted by molar-refractivity contribution is 0.437. The number of nitrogens with one attached hydrogen (secondary N) is 1. The van der Waals surface area contributed by atoms with Crippen LogP contribution in [0.5, 0.6) is 0 Å². The number of fused-ring (bicyclic) bond motifs is 1. The summed E-state index contributed by atoms with van der Waals surface area (Å²) in [5.74, 6) is 0. The molecule has 0 radical (unpaired) electrons. The number of aryl methyl sites for hydroxylation is 1. The van der Waals surface area contributed by atoms with Gasteiger partial charge in [-0.3, -0.25) is 25.1 Å². The molecule has 2 heterocycles. The summed E-state index contributed by atoms with van der Waals surface area (Å²) < 4.78 is 1.74. The molecule has 0 fully saturated rings. The van der Waals surface area contributed by atoms with Crippen molar-refractivity contribution < 1.29 is 0 Å². The Balaban J connectivity index is 1.89. The second-order valence-corrected chi connectivity index (χ2v) is 8.55. The summed E-state index contributed by atoms with van der Waals surface area (Å²) in [5, 5.41) is 14.0. The summed E-state index contributed by atoms with van der Waals surface area (Å²) in [7, 11) is 5.53. The van der Waals surface area contributed by atoms with Crippen LogP contribution in [0, 0.1) is 0 Å². The maximum atomic E-state index is 6.78. The average molecular weight is 483 g/mol. The Labute approximate surface area is 203 Å². The maximum Gasteiger partial charge on any atom is 0.185 e. The van der Waals surface area contributed by atoms with E-state index in [4.69, 9.17) is 11.6 Å². The fraction of sp³-hybridized carbons (Fsp3) is 0.217. The van der Waals surface area contributed by atoms with Gasteiger partial charge in [-0.2, -0.15) is 10.2 Å². The number of hydrogen-bond acceptors (Lipinski definition) is 6. The predicted molar refractivity (Wildman–Crippen MR) is 139 cm³/mol. The molecule has 0 bridgehead atoms. The largest absolute Gasteiger partial charge is 0.277 e. The van der Waals surface area contributed by atoms with Gasteiger partial charge in [-0.25, -0.2) is 4.99 Å². The highest BCUT2D eigenvalue weighted by Gasteiger charge is 2.12. The smallest absolute Gasteiger partial charge is 0.185 e. The Bertz CT molecular complexity index is 1200. The van der Waals surface area contributed by atoms with Gasteiger partial charge < -0.3 is 0 Å². The third-order valence-corrected chi connectivity index (χ3v) is 5.77. The number of hydrazone groups is 1. The van der Waals surface area contributed by atoms with E-state index in [9.17, 15) is 0 Å². The van der Waals surface area contributed by atoms with Crippen LogP contribution in [0.1, 0.15) is 13.3 Å². The predicted octanol–water partition coefficient (Wildman–Crippen LogP) is 5.12. The summed E-state index contributed by atoms with van der Waals surface area (Å²) in [6, 6.07) is 5.98. The van der Waals surface area contributed by atoms with Crippen molar-refractivity contribution in [2.24, 2.45) is 17.1 Å². The van der Waals surface area contributed by atoms with Gasteiger partial charge in [-0.1, -0.05) is 42.9 Å². The van der Waals surface area contributed by atoms with E-state index in [0.717, 1.165) is 33.3 Å². The van der Waals surface area contributed by atoms with E-state index in [1.165, 1.54) is 11.8 Å².